The zero-order valence-electron chi connectivity index (χ0n) is 17.9. The SMILES string of the molecule is O=C(COc1ccc(-c2ccccc2)cc1Br)Nc1ccc(S(=O)(=O)Nc2ccccc2)cc1. The van der Waals surface area contributed by atoms with Crippen LogP contribution in [0.3, 0.4) is 0 Å². The smallest absolute Gasteiger partial charge is 0.262 e. The van der Waals surface area contributed by atoms with E-state index >= 15 is 0 Å². The highest BCUT2D eigenvalue weighted by molar-refractivity contribution is 9.10. The van der Waals surface area contributed by atoms with Gasteiger partial charge in [-0.2, -0.15) is 0 Å². The summed E-state index contributed by atoms with van der Waals surface area (Å²) in [5, 5.41) is 2.70. The maximum absolute atomic E-state index is 12.5. The van der Waals surface area contributed by atoms with Crippen molar-refractivity contribution < 1.29 is 17.9 Å². The molecular formula is C26H21BrN2O4S. The first-order valence-corrected chi connectivity index (χ1v) is 12.6. The van der Waals surface area contributed by atoms with Gasteiger partial charge >= 0.3 is 0 Å². The first-order chi connectivity index (χ1) is 16.4. The fourth-order valence-corrected chi connectivity index (χ4v) is 4.76. The predicted octanol–water partition coefficient (Wildman–Crippen LogP) is 5.93. The Morgan fingerprint density at radius 2 is 1.41 bits per heavy atom. The average Bonchev–Trinajstić information content (AvgIpc) is 2.84. The molecule has 0 atom stereocenters. The van der Waals surface area contributed by atoms with Crippen LogP contribution in [0.1, 0.15) is 0 Å². The molecular weight excluding hydrogens is 516 g/mol. The number of carbonyl (C=O) groups excluding carboxylic acids is 1. The van der Waals surface area contributed by atoms with Crippen LogP contribution >= 0.6 is 15.9 Å². The molecule has 1 amide bonds. The van der Waals surface area contributed by atoms with E-state index in [1.165, 1.54) is 24.3 Å². The molecule has 0 radical (unpaired) electrons. The maximum atomic E-state index is 12.5. The maximum Gasteiger partial charge on any atom is 0.262 e. The number of rotatable bonds is 8. The second kappa shape index (κ2) is 10.5. The van der Waals surface area contributed by atoms with Crippen molar-refractivity contribution in [3.05, 3.63) is 108 Å². The molecule has 8 heteroatoms. The molecule has 0 spiro atoms. The van der Waals surface area contributed by atoms with Gasteiger partial charge in [-0.1, -0.05) is 54.6 Å². The highest BCUT2D eigenvalue weighted by Crippen LogP contribution is 2.30. The van der Waals surface area contributed by atoms with E-state index in [4.69, 9.17) is 4.74 Å². The van der Waals surface area contributed by atoms with Gasteiger partial charge in [-0.15, -0.1) is 0 Å². The first kappa shape index (κ1) is 23.5. The molecule has 34 heavy (non-hydrogen) atoms. The summed E-state index contributed by atoms with van der Waals surface area (Å²) in [4.78, 5) is 12.4. The number of hydrogen-bond acceptors (Lipinski definition) is 4. The minimum atomic E-state index is -3.73. The lowest BCUT2D eigenvalue weighted by molar-refractivity contribution is -0.118. The van der Waals surface area contributed by atoms with Crippen LogP contribution in [0.4, 0.5) is 11.4 Å². The molecule has 0 aliphatic heterocycles. The molecule has 0 saturated heterocycles. The van der Waals surface area contributed by atoms with E-state index in [1.807, 2.05) is 42.5 Å². The predicted molar refractivity (Wildman–Crippen MR) is 137 cm³/mol. The van der Waals surface area contributed by atoms with Crippen molar-refractivity contribution in [2.24, 2.45) is 0 Å². The summed E-state index contributed by atoms with van der Waals surface area (Å²) in [6, 6.07) is 30.2. The molecule has 0 heterocycles. The van der Waals surface area contributed by atoms with Crippen molar-refractivity contribution in [3.8, 4) is 16.9 Å². The Kier molecular flexibility index (Phi) is 7.30. The molecule has 4 rings (SSSR count). The molecule has 0 fully saturated rings. The van der Waals surface area contributed by atoms with E-state index in [1.54, 1.807) is 36.4 Å². The van der Waals surface area contributed by atoms with E-state index in [2.05, 4.69) is 26.0 Å². The quantitative estimate of drug-likeness (QED) is 0.292. The summed E-state index contributed by atoms with van der Waals surface area (Å²) in [6.45, 7) is -0.196. The lowest BCUT2D eigenvalue weighted by atomic mass is 10.1. The minimum Gasteiger partial charge on any atom is -0.483 e. The minimum absolute atomic E-state index is 0.0908. The molecule has 4 aromatic rings. The van der Waals surface area contributed by atoms with Crippen molar-refractivity contribution in [1.29, 1.82) is 0 Å². The van der Waals surface area contributed by atoms with Gasteiger partial charge in [-0.3, -0.25) is 9.52 Å². The molecule has 0 saturated carbocycles. The van der Waals surface area contributed by atoms with Crippen LogP contribution in [0.2, 0.25) is 0 Å². The molecule has 2 N–H and O–H groups in total. The highest BCUT2D eigenvalue weighted by atomic mass is 79.9. The van der Waals surface area contributed by atoms with Gasteiger partial charge in [0.05, 0.1) is 9.37 Å². The average molecular weight is 537 g/mol. The molecule has 172 valence electrons. The lowest BCUT2D eigenvalue weighted by Gasteiger charge is -2.11. The summed E-state index contributed by atoms with van der Waals surface area (Å²) in [7, 11) is -3.73. The number of ether oxygens (including phenoxy) is 1. The van der Waals surface area contributed by atoms with E-state index in [0.29, 0.717) is 17.1 Å². The molecule has 0 bridgehead atoms. The van der Waals surface area contributed by atoms with E-state index < -0.39 is 10.0 Å². The number of anilines is 2. The summed E-state index contributed by atoms with van der Waals surface area (Å²) in [6.07, 6.45) is 0. The third-order valence-corrected chi connectivity index (χ3v) is 6.89. The first-order valence-electron chi connectivity index (χ1n) is 10.4. The fourth-order valence-electron chi connectivity index (χ4n) is 3.21. The third-order valence-electron chi connectivity index (χ3n) is 4.87. The van der Waals surface area contributed by atoms with E-state index in [9.17, 15) is 13.2 Å². The van der Waals surface area contributed by atoms with Crippen LogP contribution in [-0.2, 0) is 14.8 Å². The van der Waals surface area contributed by atoms with Crippen LogP contribution in [-0.4, -0.2) is 20.9 Å². The van der Waals surface area contributed by atoms with Gasteiger partial charge in [0.15, 0.2) is 6.61 Å². The van der Waals surface area contributed by atoms with Crippen molar-refractivity contribution in [1.82, 2.24) is 0 Å². The fraction of sp³-hybridized carbons (Fsp3) is 0.0385. The standard InChI is InChI=1S/C26H21BrN2O4S/c27-24-17-20(19-7-3-1-4-8-19)11-16-25(24)33-18-26(30)28-21-12-14-23(15-13-21)34(31,32)29-22-9-5-2-6-10-22/h1-17,29H,18H2,(H,28,30). The monoisotopic (exact) mass is 536 g/mol. The number of carbonyl (C=O) groups is 1. The van der Waals surface area contributed by atoms with Crippen molar-refractivity contribution >= 4 is 43.2 Å². The van der Waals surface area contributed by atoms with Gasteiger partial charge in [0, 0.05) is 11.4 Å². The van der Waals surface area contributed by atoms with E-state index in [-0.39, 0.29) is 17.4 Å². The van der Waals surface area contributed by atoms with Crippen LogP contribution in [0.15, 0.2) is 112 Å². The van der Waals surface area contributed by atoms with Gasteiger partial charge in [0.25, 0.3) is 15.9 Å². The second-order valence-electron chi connectivity index (χ2n) is 7.34. The Balaban J connectivity index is 1.34. The Bertz CT molecular complexity index is 1380. The number of amides is 1. The Morgan fingerprint density at radius 1 is 0.765 bits per heavy atom. The second-order valence-corrected chi connectivity index (χ2v) is 9.88. The normalized spacial score (nSPS) is 11.0. The topological polar surface area (TPSA) is 84.5 Å². The number of sulfonamides is 1. The molecule has 0 aliphatic carbocycles. The van der Waals surface area contributed by atoms with Crippen LogP contribution in [0, 0.1) is 0 Å². The third kappa shape index (κ3) is 6.03. The van der Waals surface area contributed by atoms with E-state index in [0.717, 1.165) is 15.6 Å². The Morgan fingerprint density at radius 3 is 2.06 bits per heavy atom. The highest BCUT2D eigenvalue weighted by Gasteiger charge is 2.14. The summed E-state index contributed by atoms with van der Waals surface area (Å²) in [5.41, 5.74) is 3.05. The number of halogens is 1. The summed E-state index contributed by atoms with van der Waals surface area (Å²) in [5.74, 6) is 0.181. The molecule has 6 nitrogen and oxygen atoms in total. The van der Waals surface area contributed by atoms with Crippen LogP contribution in [0.25, 0.3) is 11.1 Å². The molecule has 0 aromatic heterocycles. The molecule has 0 aliphatic rings. The summed E-state index contributed by atoms with van der Waals surface area (Å²) < 4.78 is 33.9. The van der Waals surface area contributed by atoms with Gasteiger partial charge in [-0.25, -0.2) is 8.42 Å². The van der Waals surface area contributed by atoms with Gasteiger partial charge < -0.3 is 10.1 Å². The number of benzene rings is 4. The molecule has 0 unspecified atom stereocenters. The van der Waals surface area contributed by atoms with Crippen LogP contribution < -0.4 is 14.8 Å². The number of para-hydroxylation sites is 1. The van der Waals surface area contributed by atoms with Crippen molar-refractivity contribution in [3.63, 3.8) is 0 Å². The Labute approximate surface area is 206 Å². The van der Waals surface area contributed by atoms with Gasteiger partial charge in [0.1, 0.15) is 5.75 Å². The lowest BCUT2D eigenvalue weighted by Crippen LogP contribution is -2.20. The number of nitrogens with one attached hydrogen (secondary N) is 2. The number of hydrogen-bond donors (Lipinski definition) is 2. The van der Waals surface area contributed by atoms with Crippen LogP contribution in [0.5, 0.6) is 5.75 Å². The Hall–Kier alpha value is -3.62. The largest absolute Gasteiger partial charge is 0.483 e. The molecule has 4 aromatic carbocycles. The summed E-state index contributed by atoms with van der Waals surface area (Å²) >= 11 is 3.49. The van der Waals surface area contributed by atoms with Gasteiger partial charge in [0.2, 0.25) is 0 Å². The van der Waals surface area contributed by atoms with Crippen molar-refractivity contribution in [2.75, 3.05) is 16.6 Å². The van der Waals surface area contributed by atoms with Gasteiger partial charge in [-0.05, 0) is 75.6 Å². The zero-order chi connectivity index (χ0) is 24.0. The van der Waals surface area contributed by atoms with Crippen molar-refractivity contribution in [2.45, 2.75) is 4.90 Å². The zero-order valence-corrected chi connectivity index (χ0v) is 20.3.